The van der Waals surface area contributed by atoms with Crippen molar-refractivity contribution in [3.63, 3.8) is 0 Å². The van der Waals surface area contributed by atoms with E-state index < -0.39 is 6.10 Å². The number of hydrogen-bond donors (Lipinski definition) is 4. The molecule has 7 heteroatoms. The summed E-state index contributed by atoms with van der Waals surface area (Å²) in [6.07, 6.45) is 29.3. The van der Waals surface area contributed by atoms with Crippen LogP contribution < -0.4 is 11.2 Å². The molecule has 0 spiro atoms. The Labute approximate surface area is 227 Å². The monoisotopic (exact) mass is 525 g/mol. The number of unbranched alkanes of at least 4 members (excludes halogenated alkanes) is 20. The molecule has 0 radical (unpaired) electrons. The Kier molecular flexibility index (Phi) is 28.3. The van der Waals surface area contributed by atoms with Gasteiger partial charge in [-0.2, -0.15) is 4.99 Å². The first-order valence-electron chi connectivity index (χ1n) is 15.5. The number of nitrogens with one attached hydrogen (secondary N) is 1. The number of nitrogens with zero attached hydrogens (tertiary/aromatic N) is 1. The number of isocyanates is 1. The average Bonchev–Trinajstić information content (AvgIpc) is 2.90. The average molecular weight is 526 g/mol. The SMILES string of the molecule is NCCCCCCCCCCCCCCC(O)C(CCCCCCCCCCCCC(=O)NO)N=C=O. The topological polar surface area (TPSA) is 125 Å². The van der Waals surface area contributed by atoms with Crippen LogP contribution in [0.3, 0.4) is 0 Å². The molecule has 37 heavy (non-hydrogen) atoms. The van der Waals surface area contributed by atoms with Crippen LogP contribution in [0.25, 0.3) is 0 Å². The van der Waals surface area contributed by atoms with E-state index in [9.17, 15) is 14.7 Å². The smallest absolute Gasteiger partial charge is 0.243 e. The maximum absolute atomic E-state index is 10.9. The minimum atomic E-state index is -0.524. The highest BCUT2D eigenvalue weighted by Crippen LogP contribution is 2.18. The van der Waals surface area contributed by atoms with E-state index >= 15 is 0 Å². The largest absolute Gasteiger partial charge is 0.391 e. The molecule has 5 N–H and O–H groups in total. The fraction of sp³-hybridized carbons (Fsp3) is 0.933. The van der Waals surface area contributed by atoms with Gasteiger partial charge in [0.05, 0.1) is 12.1 Å². The number of amides is 1. The molecule has 0 saturated heterocycles. The summed E-state index contributed by atoms with van der Waals surface area (Å²) in [6.45, 7) is 0.823. The first kappa shape index (κ1) is 35.7. The Hall–Kier alpha value is -1.27. The fourth-order valence-electron chi connectivity index (χ4n) is 4.98. The molecule has 0 aliphatic rings. The van der Waals surface area contributed by atoms with Gasteiger partial charge in [0.2, 0.25) is 12.0 Å². The van der Waals surface area contributed by atoms with Crippen LogP contribution in [0, 0.1) is 0 Å². The Morgan fingerprint density at radius 1 is 0.649 bits per heavy atom. The van der Waals surface area contributed by atoms with Crippen molar-refractivity contribution in [2.75, 3.05) is 6.54 Å². The van der Waals surface area contributed by atoms with Crippen LogP contribution in [0.2, 0.25) is 0 Å². The zero-order chi connectivity index (χ0) is 27.2. The molecule has 0 saturated carbocycles. The third-order valence-electron chi connectivity index (χ3n) is 7.40. The van der Waals surface area contributed by atoms with Gasteiger partial charge in [-0.1, -0.05) is 128 Å². The standard InChI is InChI=1S/C30H59N3O4/c31-26-22-18-14-10-6-2-1-3-8-12-16-20-24-29(35)28(32-27-34)23-19-15-11-7-4-5-9-13-17-21-25-30(36)33-37/h28-29,35,37H,1-26,31H2,(H,33,36). The number of aliphatic hydroxyl groups is 1. The molecule has 0 aromatic rings. The number of carbonyl (C=O) groups excluding carboxylic acids is 2. The molecule has 2 atom stereocenters. The van der Waals surface area contributed by atoms with Crippen molar-refractivity contribution in [3.05, 3.63) is 0 Å². The van der Waals surface area contributed by atoms with Gasteiger partial charge in [-0.15, -0.1) is 0 Å². The molecule has 0 rings (SSSR count). The maximum Gasteiger partial charge on any atom is 0.243 e. The first-order valence-corrected chi connectivity index (χ1v) is 15.5. The summed E-state index contributed by atoms with van der Waals surface area (Å²) in [5.41, 5.74) is 7.19. The Balaban J connectivity index is 3.58. The molecule has 7 nitrogen and oxygen atoms in total. The van der Waals surface area contributed by atoms with Crippen molar-refractivity contribution >= 4 is 12.0 Å². The zero-order valence-electron chi connectivity index (χ0n) is 23.8. The number of hydroxylamine groups is 1. The van der Waals surface area contributed by atoms with Crippen LogP contribution in [-0.2, 0) is 9.59 Å². The number of aliphatic hydroxyl groups excluding tert-OH is 1. The van der Waals surface area contributed by atoms with Gasteiger partial charge in [0.1, 0.15) is 0 Å². The predicted octanol–water partition coefficient (Wildman–Crippen LogP) is 7.27. The quantitative estimate of drug-likeness (QED) is 0.0269. The summed E-state index contributed by atoms with van der Waals surface area (Å²) < 4.78 is 0. The maximum atomic E-state index is 10.9. The van der Waals surface area contributed by atoms with Crippen molar-refractivity contribution in [2.24, 2.45) is 10.7 Å². The summed E-state index contributed by atoms with van der Waals surface area (Å²) in [4.78, 5) is 25.6. The molecule has 0 aliphatic carbocycles. The molecule has 0 aliphatic heterocycles. The third kappa shape index (κ3) is 26.1. The van der Waals surface area contributed by atoms with Crippen LogP contribution in [0.1, 0.15) is 161 Å². The van der Waals surface area contributed by atoms with Crippen LogP contribution in [0.4, 0.5) is 0 Å². The van der Waals surface area contributed by atoms with Crippen molar-refractivity contribution < 1.29 is 19.9 Å². The highest BCUT2D eigenvalue weighted by molar-refractivity contribution is 5.74. The second-order valence-electron chi connectivity index (χ2n) is 10.8. The minimum absolute atomic E-state index is 0.296. The van der Waals surface area contributed by atoms with Crippen molar-refractivity contribution in [1.82, 2.24) is 5.48 Å². The van der Waals surface area contributed by atoms with Gasteiger partial charge in [-0.05, 0) is 32.2 Å². The summed E-state index contributed by atoms with van der Waals surface area (Å²) in [5.74, 6) is -0.300. The van der Waals surface area contributed by atoms with E-state index in [0.29, 0.717) is 6.42 Å². The first-order chi connectivity index (χ1) is 18.2. The van der Waals surface area contributed by atoms with Crippen molar-refractivity contribution in [3.8, 4) is 0 Å². The Morgan fingerprint density at radius 3 is 1.43 bits per heavy atom. The molecule has 0 aromatic heterocycles. The molecule has 218 valence electrons. The van der Waals surface area contributed by atoms with Crippen LogP contribution in [-0.4, -0.2) is 41.0 Å². The molecule has 2 unspecified atom stereocenters. The van der Waals surface area contributed by atoms with Gasteiger partial charge in [-0.3, -0.25) is 10.0 Å². The third-order valence-corrected chi connectivity index (χ3v) is 7.40. The van der Waals surface area contributed by atoms with E-state index in [1.807, 2.05) is 0 Å². The lowest BCUT2D eigenvalue weighted by atomic mass is 9.97. The van der Waals surface area contributed by atoms with E-state index in [0.717, 1.165) is 70.8 Å². The van der Waals surface area contributed by atoms with Crippen LogP contribution in [0.5, 0.6) is 0 Å². The molecular formula is C30H59N3O4. The van der Waals surface area contributed by atoms with E-state index in [-0.39, 0.29) is 11.9 Å². The highest BCUT2D eigenvalue weighted by atomic mass is 16.5. The molecule has 0 fully saturated rings. The van der Waals surface area contributed by atoms with E-state index in [1.165, 1.54) is 89.9 Å². The zero-order valence-corrected chi connectivity index (χ0v) is 23.8. The van der Waals surface area contributed by atoms with Crippen LogP contribution >= 0.6 is 0 Å². The Bertz CT molecular complexity index is 541. The number of hydrogen-bond acceptors (Lipinski definition) is 6. The van der Waals surface area contributed by atoms with Gasteiger partial charge in [0.25, 0.3) is 0 Å². The summed E-state index contributed by atoms with van der Waals surface area (Å²) in [7, 11) is 0. The lowest BCUT2D eigenvalue weighted by Crippen LogP contribution is -2.24. The molecule has 0 aromatic carbocycles. The van der Waals surface area contributed by atoms with Gasteiger partial charge >= 0.3 is 0 Å². The van der Waals surface area contributed by atoms with E-state index in [1.54, 1.807) is 11.6 Å². The normalized spacial score (nSPS) is 12.7. The van der Waals surface area contributed by atoms with Crippen molar-refractivity contribution in [2.45, 2.75) is 173 Å². The van der Waals surface area contributed by atoms with Gasteiger partial charge in [0.15, 0.2) is 0 Å². The number of rotatable bonds is 29. The van der Waals surface area contributed by atoms with E-state index in [4.69, 9.17) is 10.9 Å². The minimum Gasteiger partial charge on any atom is -0.391 e. The number of aliphatic imine (C=N–C) groups is 1. The second-order valence-corrected chi connectivity index (χ2v) is 10.8. The lowest BCUT2D eigenvalue weighted by molar-refractivity contribution is -0.129. The van der Waals surface area contributed by atoms with Gasteiger partial charge in [0, 0.05) is 6.42 Å². The summed E-state index contributed by atoms with van der Waals surface area (Å²) >= 11 is 0. The lowest BCUT2D eigenvalue weighted by Gasteiger charge is -2.17. The predicted molar refractivity (Wildman–Crippen MR) is 152 cm³/mol. The number of nitrogens with two attached hydrogens (primary N) is 1. The summed E-state index contributed by atoms with van der Waals surface area (Å²) in [6, 6.07) is -0.296. The van der Waals surface area contributed by atoms with Crippen LogP contribution in [0.15, 0.2) is 4.99 Å². The Morgan fingerprint density at radius 2 is 1.03 bits per heavy atom. The second kappa shape index (κ2) is 29.3. The van der Waals surface area contributed by atoms with Gasteiger partial charge in [-0.25, -0.2) is 10.3 Å². The molecular weight excluding hydrogens is 466 g/mol. The summed E-state index contributed by atoms with van der Waals surface area (Å²) in [5, 5.41) is 19.0. The molecule has 1 amide bonds. The van der Waals surface area contributed by atoms with Gasteiger partial charge < -0.3 is 10.8 Å². The number of carbonyl (C=O) groups is 1. The fourth-order valence-corrected chi connectivity index (χ4v) is 4.98. The highest BCUT2D eigenvalue weighted by Gasteiger charge is 2.17. The molecule has 0 heterocycles. The van der Waals surface area contributed by atoms with Crippen molar-refractivity contribution in [1.29, 1.82) is 0 Å². The van der Waals surface area contributed by atoms with E-state index in [2.05, 4.69) is 4.99 Å². The molecule has 0 bridgehead atoms.